The van der Waals surface area contributed by atoms with Gasteiger partial charge in [-0.15, -0.1) is 47.3 Å². The zero-order valence-electron chi connectivity index (χ0n) is 34.0. The van der Waals surface area contributed by atoms with Crippen LogP contribution < -0.4 is 4.74 Å². The lowest BCUT2D eigenvalue weighted by molar-refractivity contribution is 0.222. The van der Waals surface area contributed by atoms with Gasteiger partial charge in [0.25, 0.3) is 0 Å². The van der Waals surface area contributed by atoms with Gasteiger partial charge in [0, 0.05) is 79.0 Å². The summed E-state index contributed by atoms with van der Waals surface area (Å²) in [7, 11) is 1.72. The number of hydrogen-bond acceptors (Lipinski definition) is 6. The Morgan fingerprint density at radius 1 is 0.649 bits per heavy atom. The van der Waals surface area contributed by atoms with Crippen LogP contribution in [0.3, 0.4) is 0 Å². The van der Waals surface area contributed by atoms with Crippen molar-refractivity contribution in [3.05, 3.63) is 167 Å². The molecule has 6 aromatic rings. The molecular weight excluding hydrogens is 907 g/mol. The van der Waals surface area contributed by atoms with E-state index >= 15 is 0 Å². The van der Waals surface area contributed by atoms with Crippen LogP contribution in [-0.4, -0.2) is 70.5 Å². The van der Waals surface area contributed by atoms with Crippen LogP contribution in [-0.2, 0) is 51.9 Å². The highest BCUT2D eigenvalue weighted by Gasteiger charge is 2.21. The van der Waals surface area contributed by atoms with Gasteiger partial charge in [-0.2, -0.15) is 0 Å². The Morgan fingerprint density at radius 2 is 1.09 bits per heavy atom. The van der Waals surface area contributed by atoms with Crippen molar-refractivity contribution in [1.29, 1.82) is 0 Å². The quantitative estimate of drug-likeness (QED) is 0.131. The monoisotopic (exact) mass is 959 g/mol. The number of nitrogens with zero attached hydrogens (tertiary/aromatic N) is 6. The average molecular weight is 962 g/mol. The number of imidazole rings is 2. The molecule has 8 nitrogen and oxygen atoms in total. The molecule has 8 rings (SSSR count). The van der Waals surface area contributed by atoms with E-state index in [4.69, 9.17) is 6.11 Å². The summed E-state index contributed by atoms with van der Waals surface area (Å²) in [5, 5.41) is 9.58. The molecule has 2 aromatic heterocycles. The summed E-state index contributed by atoms with van der Waals surface area (Å²) in [6, 6.07) is 37.0. The maximum Gasteiger partial charge on any atom is 0.369 e. The van der Waals surface area contributed by atoms with Crippen molar-refractivity contribution < 1.29 is 11.2 Å². The molecule has 2 aliphatic rings. The van der Waals surface area contributed by atoms with E-state index < -0.39 is 0 Å². The summed E-state index contributed by atoms with van der Waals surface area (Å²) < 4.78 is 16.6. The Kier molecular flexibility index (Phi) is 17.8. The number of ether oxygens (including phenoxy) is 1. The van der Waals surface area contributed by atoms with Crippen molar-refractivity contribution in [2.24, 2.45) is 0 Å². The number of halogens is 3. The number of phenolic OH excluding ortho intramolecular Hbond substituents is 1. The largest absolute Gasteiger partial charge is 0.508 e. The summed E-state index contributed by atoms with van der Waals surface area (Å²) >= 11 is 9.31. The number of fused-ring (bicyclic) bond motifs is 2. The van der Waals surface area contributed by atoms with Crippen LogP contribution in [0.5, 0.6) is 11.5 Å². The Morgan fingerprint density at radius 3 is 1.54 bits per heavy atom. The van der Waals surface area contributed by atoms with Gasteiger partial charge in [0.05, 0.1) is 18.5 Å². The highest BCUT2D eigenvalue weighted by molar-refractivity contribution is 9.69. The van der Waals surface area contributed by atoms with Gasteiger partial charge in [-0.3, -0.25) is 9.80 Å². The van der Waals surface area contributed by atoms with Crippen LogP contribution in [0, 0.1) is 0 Å². The van der Waals surface area contributed by atoms with Gasteiger partial charge in [0.1, 0.15) is 23.1 Å². The van der Waals surface area contributed by atoms with Crippen LogP contribution in [0.2, 0.25) is 0 Å². The second-order valence-electron chi connectivity index (χ2n) is 13.8. The van der Waals surface area contributed by atoms with E-state index in [-0.39, 0.29) is 3.18 Å². The predicted molar refractivity (Wildman–Crippen MR) is 246 cm³/mol. The maximum atomic E-state index is 9.58. The van der Waals surface area contributed by atoms with Crippen molar-refractivity contribution in [3.8, 4) is 11.5 Å². The first-order chi connectivity index (χ1) is 28.2. The molecule has 2 aliphatic heterocycles. The van der Waals surface area contributed by atoms with Crippen LogP contribution in [0.4, 0.5) is 0 Å². The molecule has 0 fully saturated rings. The van der Waals surface area contributed by atoms with Gasteiger partial charge in [0.2, 0.25) is 0 Å². The molecule has 12 heteroatoms. The summed E-state index contributed by atoms with van der Waals surface area (Å²) in [5.41, 5.74) is 7.77. The molecular formula is C45H54BBr3N6O2. The number of benzene rings is 4. The molecule has 0 saturated carbocycles. The van der Waals surface area contributed by atoms with E-state index in [1.54, 1.807) is 20.1 Å². The molecule has 0 bridgehead atoms. The number of aromatic nitrogens is 4. The van der Waals surface area contributed by atoms with Crippen molar-refractivity contribution in [2.75, 3.05) is 33.3 Å². The molecule has 1 N–H and O–H groups in total. The first kappa shape index (κ1) is 42.9. The molecule has 0 spiro atoms. The topological polar surface area (TPSA) is 71.6 Å². The second kappa shape index (κ2) is 23.7. The lowest BCUT2D eigenvalue weighted by Crippen LogP contribution is -2.35. The Balaban J connectivity index is 0.000000191. The molecule has 0 unspecified atom stereocenters. The highest BCUT2D eigenvalue weighted by atomic mass is 79.9. The van der Waals surface area contributed by atoms with Gasteiger partial charge >= 0.3 is 3.18 Å². The average Bonchev–Trinajstić information content (AvgIpc) is 3.83. The van der Waals surface area contributed by atoms with E-state index in [0.717, 1.165) is 89.6 Å². The predicted octanol–water partition coefficient (Wildman–Crippen LogP) is 9.96. The smallest absolute Gasteiger partial charge is 0.369 e. The highest BCUT2D eigenvalue weighted by Crippen LogP contribution is 2.21. The Labute approximate surface area is 365 Å². The SMILES string of the molecule is BrB(Br)Br.COc1cccc(CCN2CCn3c(cnc3Cc3ccccc3)C2)c1.Oc1cccc(CCN2CCn3c(cnc3Cc3ccccc3)C2)c1.[2H]CC. The van der Waals surface area contributed by atoms with Crippen LogP contribution >= 0.6 is 47.3 Å². The van der Waals surface area contributed by atoms with E-state index in [2.05, 4.69) is 167 Å². The third-order valence-corrected chi connectivity index (χ3v) is 9.98. The zero-order chi connectivity index (χ0) is 41.1. The maximum absolute atomic E-state index is 9.58. The van der Waals surface area contributed by atoms with Crippen molar-refractivity contribution in [2.45, 2.75) is 65.7 Å². The van der Waals surface area contributed by atoms with Crippen molar-refractivity contribution >= 4 is 50.5 Å². The summed E-state index contributed by atoms with van der Waals surface area (Å²) in [6.07, 6.45) is 7.88. The van der Waals surface area contributed by atoms with Crippen LogP contribution in [0.15, 0.2) is 122 Å². The minimum Gasteiger partial charge on any atom is -0.508 e. The van der Waals surface area contributed by atoms with Gasteiger partial charge in [-0.25, -0.2) is 9.97 Å². The lowest BCUT2D eigenvalue weighted by atomic mass is 10.1. The minimum absolute atomic E-state index is 0.271. The van der Waals surface area contributed by atoms with Crippen molar-refractivity contribution in [3.63, 3.8) is 0 Å². The Hall–Kier alpha value is -3.68. The fourth-order valence-electron chi connectivity index (χ4n) is 7.14. The van der Waals surface area contributed by atoms with Crippen LogP contribution in [0.1, 0.15) is 60.5 Å². The number of phenols is 1. The molecule has 0 aliphatic carbocycles. The number of aromatic hydroxyl groups is 1. The molecule has 0 radical (unpaired) electrons. The Bertz CT molecular complexity index is 2080. The van der Waals surface area contributed by atoms with E-state index in [0.29, 0.717) is 12.6 Å². The first-order valence-corrected chi connectivity index (χ1v) is 22.2. The summed E-state index contributed by atoms with van der Waals surface area (Å²) in [5.74, 6) is 3.62. The van der Waals surface area contributed by atoms with Gasteiger partial charge in [-0.1, -0.05) is 98.8 Å². The fraction of sp³-hybridized carbons (Fsp3) is 0.333. The number of rotatable bonds is 11. The normalized spacial score (nSPS) is 13.6. The number of hydrogen-bond donors (Lipinski definition) is 1. The third-order valence-electron chi connectivity index (χ3n) is 9.98. The minimum atomic E-state index is 0.271. The molecule has 57 heavy (non-hydrogen) atoms. The van der Waals surface area contributed by atoms with E-state index in [9.17, 15) is 5.11 Å². The molecule has 4 heterocycles. The standard InChI is InChI=1S/C22H25N3O.C21H23N3O.C2H6.BBr3/c1-26-21-9-5-8-19(14-21)10-11-24-12-13-25-20(17-24)16-23-22(25)15-18-6-3-2-4-7-18;25-20-8-4-7-18(13-20)9-10-23-11-12-24-19(16-23)15-22-21(24)14-17-5-2-1-3-6-17;1-2;2-1(3)4/h2-9,14,16H,10-13,15,17H2,1H3;1-8,13,15,25H,9-12,14,16H2;1-2H3;/i;;1D;. The van der Waals surface area contributed by atoms with Crippen molar-refractivity contribution in [1.82, 2.24) is 28.9 Å². The lowest BCUT2D eigenvalue weighted by Gasteiger charge is -2.29. The molecule has 0 saturated heterocycles. The van der Waals surface area contributed by atoms with Gasteiger partial charge in [-0.05, 0) is 59.4 Å². The summed E-state index contributed by atoms with van der Waals surface area (Å²) in [4.78, 5) is 14.3. The van der Waals surface area contributed by atoms with E-state index in [1.807, 2.05) is 24.4 Å². The third kappa shape index (κ3) is 14.3. The molecule has 0 atom stereocenters. The van der Waals surface area contributed by atoms with Gasteiger partial charge in [0.15, 0.2) is 0 Å². The molecule has 0 amide bonds. The first-order valence-electron chi connectivity index (χ1n) is 20.2. The molecule has 4 aromatic carbocycles. The molecule has 300 valence electrons. The number of methoxy groups -OCH3 is 1. The zero-order valence-corrected chi connectivity index (χ0v) is 37.7. The fourth-order valence-corrected chi connectivity index (χ4v) is 7.14. The van der Waals surface area contributed by atoms with Gasteiger partial charge < -0.3 is 19.0 Å². The van der Waals surface area contributed by atoms with Crippen LogP contribution in [0.25, 0.3) is 0 Å². The van der Waals surface area contributed by atoms with E-state index in [1.165, 1.54) is 39.5 Å². The summed E-state index contributed by atoms with van der Waals surface area (Å²) in [6.45, 7) is 10.4. The second-order valence-corrected chi connectivity index (χ2v) is 20.2.